The summed E-state index contributed by atoms with van der Waals surface area (Å²) in [6.45, 7) is 2.14. The molecule has 0 radical (unpaired) electrons. The van der Waals surface area contributed by atoms with E-state index < -0.39 is 48.8 Å². The molecule has 0 aromatic carbocycles. The second kappa shape index (κ2) is 13.4. The number of amides is 3. The summed E-state index contributed by atoms with van der Waals surface area (Å²) >= 11 is 0. The maximum atomic E-state index is 13.6. The van der Waals surface area contributed by atoms with Crippen molar-refractivity contribution in [2.24, 2.45) is 11.8 Å². The lowest BCUT2D eigenvalue weighted by Crippen LogP contribution is -2.49. The van der Waals surface area contributed by atoms with E-state index in [-0.39, 0.29) is 30.0 Å². The quantitative estimate of drug-likeness (QED) is 0.341. The molecule has 2 unspecified atom stereocenters. The van der Waals surface area contributed by atoms with Crippen molar-refractivity contribution in [3.05, 3.63) is 35.3 Å². The molecule has 0 spiro atoms. The molecule has 224 valence electrons. The van der Waals surface area contributed by atoms with Crippen LogP contribution in [0.4, 0.5) is 19.0 Å². The first-order chi connectivity index (χ1) is 19.5. The molecule has 0 aliphatic heterocycles. The van der Waals surface area contributed by atoms with Gasteiger partial charge in [-0.15, -0.1) is 0 Å². The smallest absolute Gasteiger partial charge is 0.382 e. The van der Waals surface area contributed by atoms with E-state index in [1.165, 1.54) is 19.4 Å². The summed E-state index contributed by atoms with van der Waals surface area (Å²) in [4.78, 5) is 43.1. The molecule has 2 aromatic rings. The second-order valence-electron chi connectivity index (χ2n) is 10.9. The highest BCUT2D eigenvalue weighted by Gasteiger charge is 2.37. The molecular formula is C27H35F3N6O5. The van der Waals surface area contributed by atoms with Crippen LogP contribution in [-0.2, 0) is 14.3 Å². The minimum absolute atomic E-state index is 0.0108. The fourth-order valence-corrected chi connectivity index (χ4v) is 5.05. The number of rotatable bonds is 12. The Labute approximate surface area is 235 Å². The molecular weight excluding hydrogens is 545 g/mol. The van der Waals surface area contributed by atoms with Crippen molar-refractivity contribution in [3.63, 3.8) is 0 Å². The normalized spacial score (nSPS) is 20.6. The van der Waals surface area contributed by atoms with Crippen LogP contribution in [0.3, 0.4) is 0 Å². The van der Waals surface area contributed by atoms with Crippen molar-refractivity contribution in [1.82, 2.24) is 25.9 Å². The molecule has 0 bridgehead atoms. The molecule has 14 heteroatoms. The first-order valence-electron chi connectivity index (χ1n) is 13.8. The SMILES string of the molecule is COCC(NC(=O)CCC(F)(F)F)c1ccnc(NC(=O)C(NC(=O)c2nonc2C2CC2)C2CCC(C)CC2)c1. The number of pyridine rings is 1. The van der Waals surface area contributed by atoms with Gasteiger partial charge in [-0.3, -0.25) is 14.4 Å². The third-order valence-corrected chi connectivity index (χ3v) is 7.54. The zero-order valence-electron chi connectivity index (χ0n) is 23.0. The molecule has 2 aromatic heterocycles. The number of nitrogens with zero attached hydrogens (tertiary/aromatic N) is 3. The second-order valence-corrected chi connectivity index (χ2v) is 10.9. The van der Waals surface area contributed by atoms with E-state index in [0.717, 1.165) is 38.5 Å². The molecule has 41 heavy (non-hydrogen) atoms. The zero-order chi connectivity index (χ0) is 29.6. The van der Waals surface area contributed by atoms with E-state index in [9.17, 15) is 27.6 Å². The van der Waals surface area contributed by atoms with Gasteiger partial charge in [0, 0.05) is 25.6 Å². The Morgan fingerprint density at radius 2 is 1.83 bits per heavy atom. The first kappa shape index (κ1) is 30.4. The Morgan fingerprint density at radius 3 is 2.49 bits per heavy atom. The van der Waals surface area contributed by atoms with E-state index in [0.29, 0.717) is 17.2 Å². The molecule has 0 saturated heterocycles. The van der Waals surface area contributed by atoms with Crippen LogP contribution in [0.25, 0.3) is 0 Å². The third kappa shape index (κ3) is 8.72. The van der Waals surface area contributed by atoms with Gasteiger partial charge < -0.3 is 20.7 Å². The molecule has 4 rings (SSSR count). The standard InChI is InChI=1S/C27H35F3N6O5/c1-15-3-5-17(6-4-15)23(34-26(39)24-22(16-7-8-16)35-41-36-24)25(38)33-20-13-18(10-12-31-20)19(14-40-2)32-21(37)9-11-27(28,29)30/h10,12-13,15-17,19,23H,3-9,11,14H2,1-2H3,(H,32,37)(H,34,39)(H,31,33,38). The number of aromatic nitrogens is 3. The molecule has 2 atom stereocenters. The van der Waals surface area contributed by atoms with Gasteiger partial charge in [-0.2, -0.15) is 13.2 Å². The number of alkyl halides is 3. The van der Waals surface area contributed by atoms with Crippen LogP contribution in [0.15, 0.2) is 23.0 Å². The predicted molar refractivity (Wildman–Crippen MR) is 140 cm³/mol. The zero-order valence-corrected chi connectivity index (χ0v) is 23.0. The maximum Gasteiger partial charge on any atom is 0.389 e. The molecule has 2 heterocycles. The van der Waals surface area contributed by atoms with E-state index >= 15 is 0 Å². The maximum absolute atomic E-state index is 13.6. The van der Waals surface area contributed by atoms with Crippen LogP contribution < -0.4 is 16.0 Å². The van der Waals surface area contributed by atoms with Crippen LogP contribution >= 0.6 is 0 Å². The van der Waals surface area contributed by atoms with Crippen molar-refractivity contribution in [2.75, 3.05) is 19.0 Å². The molecule has 3 N–H and O–H groups in total. The highest BCUT2D eigenvalue weighted by molar-refractivity contribution is 6.00. The number of anilines is 1. The van der Waals surface area contributed by atoms with Gasteiger partial charge >= 0.3 is 6.18 Å². The van der Waals surface area contributed by atoms with Gasteiger partial charge in [0.2, 0.25) is 11.8 Å². The topological polar surface area (TPSA) is 148 Å². The highest BCUT2D eigenvalue weighted by Crippen LogP contribution is 2.40. The molecule has 2 aliphatic rings. The third-order valence-electron chi connectivity index (χ3n) is 7.54. The number of carbonyl (C=O) groups excluding carboxylic acids is 3. The number of hydrogen-bond acceptors (Lipinski definition) is 8. The lowest BCUT2D eigenvalue weighted by atomic mass is 9.79. The number of methoxy groups -OCH3 is 1. The van der Waals surface area contributed by atoms with E-state index in [1.807, 2.05) is 0 Å². The average Bonchev–Trinajstić information content (AvgIpc) is 3.66. The molecule has 3 amide bonds. The highest BCUT2D eigenvalue weighted by atomic mass is 19.4. The van der Waals surface area contributed by atoms with E-state index in [4.69, 9.17) is 9.37 Å². The minimum Gasteiger partial charge on any atom is -0.382 e. The van der Waals surface area contributed by atoms with Crippen LogP contribution in [0.2, 0.25) is 0 Å². The molecule has 11 nitrogen and oxygen atoms in total. The summed E-state index contributed by atoms with van der Waals surface area (Å²) in [5.74, 6) is -1.09. The molecule has 2 aliphatic carbocycles. The average molecular weight is 581 g/mol. The van der Waals surface area contributed by atoms with Crippen LogP contribution in [0, 0.1) is 11.8 Å². The Morgan fingerprint density at radius 1 is 1.10 bits per heavy atom. The fourth-order valence-electron chi connectivity index (χ4n) is 5.05. The number of halogens is 3. The van der Waals surface area contributed by atoms with Crippen LogP contribution in [-0.4, -0.2) is 59.0 Å². The van der Waals surface area contributed by atoms with Gasteiger partial charge in [0.05, 0.1) is 19.1 Å². The van der Waals surface area contributed by atoms with E-state index in [1.54, 1.807) is 6.07 Å². The Kier molecular flexibility index (Phi) is 9.94. The lowest BCUT2D eigenvalue weighted by molar-refractivity contribution is -0.144. The fraction of sp³-hybridized carbons (Fsp3) is 0.630. The summed E-state index contributed by atoms with van der Waals surface area (Å²) in [5.41, 5.74) is 1.06. The minimum atomic E-state index is -4.45. The van der Waals surface area contributed by atoms with Gasteiger partial charge in [0.1, 0.15) is 17.6 Å². The van der Waals surface area contributed by atoms with E-state index in [2.05, 4.69) is 38.2 Å². The largest absolute Gasteiger partial charge is 0.389 e. The van der Waals surface area contributed by atoms with Crippen molar-refractivity contribution in [3.8, 4) is 0 Å². The van der Waals surface area contributed by atoms with Gasteiger partial charge in [0.15, 0.2) is 5.69 Å². The van der Waals surface area contributed by atoms with Crippen molar-refractivity contribution in [2.45, 2.75) is 82.5 Å². The number of carbonyl (C=O) groups is 3. The van der Waals surface area contributed by atoms with Gasteiger partial charge in [-0.05, 0) is 60.4 Å². The molecule has 2 fully saturated rings. The van der Waals surface area contributed by atoms with Crippen LogP contribution in [0.5, 0.6) is 0 Å². The summed E-state index contributed by atoms with van der Waals surface area (Å²) in [7, 11) is 1.40. The summed E-state index contributed by atoms with van der Waals surface area (Å²) in [6.07, 6.45) is 0.134. The monoisotopic (exact) mass is 580 g/mol. The lowest BCUT2D eigenvalue weighted by Gasteiger charge is -2.32. The summed E-state index contributed by atoms with van der Waals surface area (Å²) < 4.78 is 47.6. The predicted octanol–water partition coefficient (Wildman–Crippen LogP) is 4.05. The van der Waals surface area contributed by atoms with Gasteiger partial charge in [-0.1, -0.05) is 24.9 Å². The first-order valence-corrected chi connectivity index (χ1v) is 13.8. The summed E-state index contributed by atoms with van der Waals surface area (Å²) in [6, 6.07) is 1.44. The number of hydrogen-bond donors (Lipinski definition) is 3. The number of ether oxygens (including phenoxy) is 1. The van der Waals surface area contributed by atoms with Crippen molar-refractivity contribution < 1.29 is 36.9 Å². The Bertz CT molecular complexity index is 1210. The Hall–Kier alpha value is -3.55. The Balaban J connectivity index is 1.47. The van der Waals surface area contributed by atoms with Crippen LogP contribution in [0.1, 0.15) is 92.0 Å². The van der Waals surface area contributed by atoms with Gasteiger partial charge in [0.25, 0.3) is 5.91 Å². The van der Waals surface area contributed by atoms with Crippen molar-refractivity contribution >= 4 is 23.5 Å². The molecule has 2 saturated carbocycles. The van der Waals surface area contributed by atoms with Crippen molar-refractivity contribution in [1.29, 1.82) is 0 Å². The number of nitrogens with one attached hydrogen (secondary N) is 3. The summed E-state index contributed by atoms with van der Waals surface area (Å²) in [5, 5.41) is 15.8. The van der Waals surface area contributed by atoms with Gasteiger partial charge in [-0.25, -0.2) is 9.61 Å².